The third-order valence-electron chi connectivity index (χ3n) is 3.53. The summed E-state index contributed by atoms with van der Waals surface area (Å²) in [5, 5.41) is 12.0. The van der Waals surface area contributed by atoms with Crippen LogP contribution in [0.5, 0.6) is 0 Å². The molecule has 0 fully saturated rings. The number of carbonyl (C=O) groups excluding carboxylic acids is 1. The molecule has 0 saturated heterocycles. The molecule has 0 saturated carbocycles. The van der Waals surface area contributed by atoms with E-state index in [0.29, 0.717) is 0 Å². The summed E-state index contributed by atoms with van der Waals surface area (Å²) in [6.07, 6.45) is 3.12. The summed E-state index contributed by atoms with van der Waals surface area (Å²) in [5.74, 6) is -1.26. The lowest BCUT2D eigenvalue weighted by atomic mass is 9.74. The summed E-state index contributed by atoms with van der Waals surface area (Å²) in [4.78, 5) is 24.1. The minimum Gasteiger partial charge on any atom is -0.481 e. The summed E-state index contributed by atoms with van der Waals surface area (Å²) in [5.41, 5.74) is -1.93. The number of carbonyl (C=O) groups is 2. The molecule has 110 valence electrons. The zero-order valence-electron chi connectivity index (χ0n) is 11.9. The Hall–Kier alpha value is -1.14. The van der Waals surface area contributed by atoms with Gasteiger partial charge in [0.25, 0.3) is 0 Å². The lowest BCUT2D eigenvalue weighted by Crippen LogP contribution is -2.56. The third-order valence-corrected chi connectivity index (χ3v) is 5.11. The molecule has 0 aliphatic heterocycles. The molecule has 6 heteroatoms. The average Bonchev–Trinajstić information content (AvgIpc) is 2.71. The minimum atomic E-state index is -1.07. The Morgan fingerprint density at radius 1 is 1.30 bits per heavy atom. The highest BCUT2D eigenvalue weighted by atomic mass is 79.9. The van der Waals surface area contributed by atoms with Gasteiger partial charge in [-0.25, -0.2) is 0 Å². The maximum absolute atomic E-state index is 11.9. The first kappa shape index (κ1) is 16.9. The van der Waals surface area contributed by atoms with Gasteiger partial charge in [-0.3, -0.25) is 9.59 Å². The number of hydrogen-bond donors (Lipinski definition) is 2. The van der Waals surface area contributed by atoms with E-state index in [-0.39, 0.29) is 5.91 Å². The molecule has 0 aliphatic carbocycles. The van der Waals surface area contributed by atoms with Crippen LogP contribution in [0.1, 0.15) is 32.6 Å². The van der Waals surface area contributed by atoms with Crippen molar-refractivity contribution in [1.29, 1.82) is 0 Å². The second-order valence-electron chi connectivity index (χ2n) is 5.52. The average molecular weight is 360 g/mol. The molecule has 1 aromatic rings. The second-order valence-corrected chi connectivity index (χ2v) is 8.01. The van der Waals surface area contributed by atoms with Gasteiger partial charge in [0.15, 0.2) is 0 Å². The molecule has 20 heavy (non-hydrogen) atoms. The zero-order chi connectivity index (χ0) is 15.6. The fourth-order valence-corrected chi connectivity index (χ4v) is 2.68. The molecule has 0 atom stereocenters. The van der Waals surface area contributed by atoms with Crippen LogP contribution in [0, 0.1) is 5.41 Å². The van der Waals surface area contributed by atoms with Gasteiger partial charge in [-0.1, -0.05) is 0 Å². The molecule has 0 unspecified atom stereocenters. The van der Waals surface area contributed by atoms with E-state index in [2.05, 4.69) is 21.2 Å². The largest absolute Gasteiger partial charge is 0.481 e. The van der Waals surface area contributed by atoms with E-state index in [1.54, 1.807) is 33.8 Å². The highest BCUT2D eigenvalue weighted by molar-refractivity contribution is 9.11. The van der Waals surface area contributed by atoms with Crippen molar-refractivity contribution in [3.8, 4) is 0 Å². The molecule has 0 aromatic carbocycles. The molecule has 0 radical (unpaired) electrons. The quantitative estimate of drug-likeness (QED) is 0.790. The summed E-state index contributed by atoms with van der Waals surface area (Å²) < 4.78 is 0.991. The van der Waals surface area contributed by atoms with Crippen molar-refractivity contribution in [2.75, 3.05) is 0 Å². The van der Waals surface area contributed by atoms with E-state index >= 15 is 0 Å². The van der Waals surface area contributed by atoms with Crippen molar-refractivity contribution in [1.82, 2.24) is 5.32 Å². The van der Waals surface area contributed by atoms with Crippen LogP contribution >= 0.6 is 27.3 Å². The number of aliphatic carboxylic acids is 1. The first-order chi connectivity index (χ1) is 9.06. The zero-order valence-corrected chi connectivity index (χ0v) is 14.3. The molecule has 1 aromatic heterocycles. The van der Waals surface area contributed by atoms with E-state index in [9.17, 15) is 14.7 Å². The molecule has 0 bridgehead atoms. The number of thiophene rings is 1. The standard InChI is InChI=1S/C14H18BrNO3S/c1-13(2,12(18)19)14(3,4)16-11(17)8-6-9-5-7-10(15)20-9/h5-8H,1-4H3,(H,16,17)(H,18,19). The molecule has 0 aliphatic rings. The summed E-state index contributed by atoms with van der Waals surface area (Å²) in [7, 11) is 0. The maximum Gasteiger partial charge on any atom is 0.311 e. The van der Waals surface area contributed by atoms with Crippen molar-refractivity contribution in [3.05, 3.63) is 26.9 Å². The Kier molecular flexibility index (Phi) is 5.15. The molecule has 0 spiro atoms. The predicted molar refractivity (Wildman–Crippen MR) is 84.7 cm³/mol. The molecule has 1 heterocycles. The van der Waals surface area contributed by atoms with Gasteiger partial charge in [0.1, 0.15) is 0 Å². The van der Waals surface area contributed by atoms with Gasteiger partial charge in [0.2, 0.25) is 5.91 Å². The van der Waals surface area contributed by atoms with Gasteiger partial charge in [-0.2, -0.15) is 0 Å². The van der Waals surface area contributed by atoms with Gasteiger partial charge in [-0.05, 0) is 61.8 Å². The number of carboxylic acids is 1. The van der Waals surface area contributed by atoms with Crippen LogP contribution in [0.4, 0.5) is 0 Å². The molecular formula is C14H18BrNO3S. The fourth-order valence-electron chi connectivity index (χ4n) is 1.35. The molecule has 2 N–H and O–H groups in total. The van der Waals surface area contributed by atoms with E-state index in [4.69, 9.17) is 0 Å². The number of rotatable bonds is 5. The molecule has 1 rings (SSSR count). The Labute approximate surface area is 131 Å². The first-order valence-electron chi connectivity index (χ1n) is 6.05. The van der Waals surface area contributed by atoms with Gasteiger partial charge in [0, 0.05) is 11.0 Å². The van der Waals surface area contributed by atoms with Crippen LogP contribution in [0.2, 0.25) is 0 Å². The van der Waals surface area contributed by atoms with Crippen LogP contribution in [0.15, 0.2) is 22.0 Å². The number of hydrogen-bond acceptors (Lipinski definition) is 3. The van der Waals surface area contributed by atoms with Gasteiger partial charge in [0.05, 0.1) is 14.7 Å². The van der Waals surface area contributed by atoms with Crippen LogP contribution < -0.4 is 5.32 Å². The number of halogens is 1. The van der Waals surface area contributed by atoms with Gasteiger partial charge < -0.3 is 10.4 Å². The summed E-state index contributed by atoms with van der Waals surface area (Å²) in [6.45, 7) is 6.59. The van der Waals surface area contributed by atoms with Crippen LogP contribution in [-0.2, 0) is 9.59 Å². The number of amides is 1. The fraction of sp³-hybridized carbons (Fsp3) is 0.429. The van der Waals surface area contributed by atoms with E-state index in [1.165, 1.54) is 17.4 Å². The summed E-state index contributed by atoms with van der Waals surface area (Å²) >= 11 is 4.86. The Morgan fingerprint density at radius 3 is 2.35 bits per heavy atom. The van der Waals surface area contributed by atoms with E-state index < -0.39 is 16.9 Å². The van der Waals surface area contributed by atoms with E-state index in [1.807, 2.05) is 12.1 Å². The molecule has 1 amide bonds. The van der Waals surface area contributed by atoms with Crippen LogP contribution in [0.3, 0.4) is 0 Å². The van der Waals surface area contributed by atoms with Crippen molar-refractivity contribution < 1.29 is 14.7 Å². The topological polar surface area (TPSA) is 66.4 Å². The second kappa shape index (κ2) is 6.10. The summed E-state index contributed by atoms with van der Waals surface area (Å²) in [6, 6.07) is 3.80. The SMILES string of the molecule is CC(C)(NC(=O)C=Cc1ccc(Br)s1)C(C)(C)C(=O)O. The normalized spacial score (nSPS) is 12.7. The van der Waals surface area contributed by atoms with Crippen LogP contribution in [-0.4, -0.2) is 22.5 Å². The van der Waals surface area contributed by atoms with Crippen LogP contribution in [0.25, 0.3) is 6.08 Å². The van der Waals surface area contributed by atoms with Gasteiger partial charge in [-0.15, -0.1) is 11.3 Å². The molecular weight excluding hydrogens is 342 g/mol. The minimum absolute atomic E-state index is 0.311. The van der Waals surface area contributed by atoms with E-state index in [0.717, 1.165) is 8.66 Å². The smallest absolute Gasteiger partial charge is 0.311 e. The monoisotopic (exact) mass is 359 g/mol. The number of nitrogens with one attached hydrogen (secondary N) is 1. The van der Waals surface area contributed by atoms with Crippen molar-refractivity contribution in [2.45, 2.75) is 33.2 Å². The molecule has 4 nitrogen and oxygen atoms in total. The van der Waals surface area contributed by atoms with Crippen molar-refractivity contribution >= 4 is 45.2 Å². The predicted octanol–water partition coefficient (Wildman–Crippen LogP) is 3.53. The Balaban J connectivity index is 2.75. The van der Waals surface area contributed by atoms with Crippen molar-refractivity contribution in [2.24, 2.45) is 5.41 Å². The highest BCUT2D eigenvalue weighted by Crippen LogP contribution is 2.30. The lowest BCUT2D eigenvalue weighted by Gasteiger charge is -2.38. The lowest BCUT2D eigenvalue weighted by molar-refractivity contribution is -0.151. The third kappa shape index (κ3) is 3.93. The Bertz CT molecular complexity index is 546. The number of carboxylic acid groups (broad SMARTS) is 1. The maximum atomic E-state index is 11.9. The van der Waals surface area contributed by atoms with Crippen molar-refractivity contribution in [3.63, 3.8) is 0 Å². The van der Waals surface area contributed by atoms with Gasteiger partial charge >= 0.3 is 5.97 Å². The first-order valence-corrected chi connectivity index (χ1v) is 7.66. The highest BCUT2D eigenvalue weighted by Gasteiger charge is 2.44. The Morgan fingerprint density at radius 2 is 1.90 bits per heavy atom.